The number of carbonyl (C=O) groups excluding carboxylic acids is 2. The summed E-state index contributed by atoms with van der Waals surface area (Å²) in [5.74, 6) is 0.268. The molecule has 0 unspecified atom stereocenters. The minimum atomic E-state index is -1.28. The van der Waals surface area contributed by atoms with Gasteiger partial charge in [0, 0.05) is 22.9 Å². The fourth-order valence-corrected chi connectivity index (χ4v) is 5.83. The Hall–Kier alpha value is -3.52. The molecule has 3 aromatic rings. The molecule has 5 rings (SSSR count). The zero-order valence-corrected chi connectivity index (χ0v) is 18.9. The molecule has 2 heterocycles. The van der Waals surface area contributed by atoms with Gasteiger partial charge in [0.25, 0.3) is 5.91 Å². The fourth-order valence-electron chi connectivity index (χ4n) is 4.47. The zero-order chi connectivity index (χ0) is 23.2. The number of halogens is 1. The summed E-state index contributed by atoms with van der Waals surface area (Å²) in [5.41, 5.74) is 2.30. The molecule has 168 valence electrons. The highest BCUT2D eigenvalue weighted by Gasteiger charge is 2.61. The van der Waals surface area contributed by atoms with Crippen LogP contribution in [0.15, 0.2) is 66.7 Å². The molecular formula is C25H21FN2O4S. The monoisotopic (exact) mass is 464 g/mol. The minimum absolute atomic E-state index is 0.0682. The third-order valence-electron chi connectivity index (χ3n) is 5.98. The molecule has 2 aliphatic rings. The molecule has 1 atom stereocenters. The average Bonchev–Trinajstić information content (AvgIpc) is 3.30. The Kier molecular flexibility index (Phi) is 5.25. The van der Waals surface area contributed by atoms with Crippen molar-refractivity contribution in [3.63, 3.8) is 0 Å². The van der Waals surface area contributed by atoms with Crippen molar-refractivity contribution < 1.29 is 23.5 Å². The zero-order valence-electron chi connectivity index (χ0n) is 18.1. The normalized spacial score (nSPS) is 19.4. The van der Waals surface area contributed by atoms with E-state index >= 15 is 0 Å². The number of rotatable bonds is 5. The summed E-state index contributed by atoms with van der Waals surface area (Å²) in [7, 11) is 3.05. The molecule has 0 radical (unpaired) electrons. The molecule has 6 nitrogen and oxygen atoms in total. The summed E-state index contributed by atoms with van der Waals surface area (Å²) in [4.78, 5) is 29.0. The summed E-state index contributed by atoms with van der Waals surface area (Å²) in [5, 5.41) is 0. The summed E-state index contributed by atoms with van der Waals surface area (Å²) in [6.07, 6.45) is 0. The van der Waals surface area contributed by atoms with Crippen molar-refractivity contribution in [1.29, 1.82) is 0 Å². The number of para-hydroxylation sites is 1. The molecule has 8 heteroatoms. The highest BCUT2D eigenvalue weighted by atomic mass is 32.2. The number of hydrogen-bond donors (Lipinski definition) is 0. The number of nitrogens with zero attached hydrogens (tertiary/aromatic N) is 2. The molecule has 1 spiro atoms. The predicted molar refractivity (Wildman–Crippen MR) is 125 cm³/mol. The SMILES string of the molecule is COc1ccc(N2C(=O)CS[C@@]23C(=O)N(Cc2ccccc2F)c2ccccc23)cc1OC. The van der Waals surface area contributed by atoms with E-state index in [2.05, 4.69) is 0 Å². The third kappa shape index (κ3) is 3.16. The van der Waals surface area contributed by atoms with E-state index in [1.54, 1.807) is 41.3 Å². The number of fused-ring (bicyclic) bond motifs is 2. The van der Waals surface area contributed by atoms with Crippen molar-refractivity contribution in [1.82, 2.24) is 0 Å². The smallest absolute Gasteiger partial charge is 0.269 e. The van der Waals surface area contributed by atoms with Crippen LogP contribution in [0.1, 0.15) is 11.1 Å². The largest absolute Gasteiger partial charge is 0.493 e. The van der Waals surface area contributed by atoms with Crippen molar-refractivity contribution in [2.24, 2.45) is 0 Å². The van der Waals surface area contributed by atoms with E-state index < -0.39 is 4.87 Å². The average molecular weight is 465 g/mol. The number of ether oxygens (including phenoxy) is 2. The van der Waals surface area contributed by atoms with Crippen LogP contribution in [0.2, 0.25) is 0 Å². The molecule has 0 saturated carbocycles. The molecule has 3 aromatic carbocycles. The quantitative estimate of drug-likeness (QED) is 0.563. The maximum Gasteiger partial charge on any atom is 0.269 e. The van der Waals surface area contributed by atoms with Gasteiger partial charge in [-0.1, -0.05) is 36.4 Å². The van der Waals surface area contributed by atoms with Gasteiger partial charge in [0.05, 0.1) is 32.2 Å². The molecule has 2 aliphatic heterocycles. The van der Waals surface area contributed by atoms with Gasteiger partial charge in [0.1, 0.15) is 5.82 Å². The van der Waals surface area contributed by atoms with E-state index in [1.165, 1.54) is 36.9 Å². The van der Waals surface area contributed by atoms with E-state index in [-0.39, 0.29) is 29.9 Å². The lowest BCUT2D eigenvalue weighted by molar-refractivity contribution is -0.123. The molecule has 1 saturated heterocycles. The molecule has 0 bridgehead atoms. The summed E-state index contributed by atoms with van der Waals surface area (Å²) >= 11 is 1.28. The predicted octanol–water partition coefficient (Wildman–Crippen LogP) is 4.32. The van der Waals surface area contributed by atoms with Crippen LogP contribution in [0.3, 0.4) is 0 Å². The van der Waals surface area contributed by atoms with Gasteiger partial charge in [-0.3, -0.25) is 14.5 Å². The Morgan fingerprint density at radius 1 is 0.970 bits per heavy atom. The second-order valence-electron chi connectivity index (χ2n) is 7.70. The van der Waals surface area contributed by atoms with Crippen molar-refractivity contribution in [2.45, 2.75) is 11.4 Å². The molecule has 1 fully saturated rings. The van der Waals surface area contributed by atoms with Crippen LogP contribution in [-0.2, 0) is 21.0 Å². The topological polar surface area (TPSA) is 59.1 Å². The number of carbonyl (C=O) groups is 2. The van der Waals surface area contributed by atoms with E-state index in [0.29, 0.717) is 34.0 Å². The highest BCUT2D eigenvalue weighted by Crippen LogP contribution is 2.56. The Bertz CT molecular complexity index is 1270. The number of methoxy groups -OCH3 is 2. The maximum absolute atomic E-state index is 14.4. The molecular weight excluding hydrogens is 443 g/mol. The van der Waals surface area contributed by atoms with Crippen LogP contribution < -0.4 is 19.3 Å². The number of amides is 2. The Labute approximate surface area is 194 Å². The van der Waals surface area contributed by atoms with Gasteiger partial charge < -0.3 is 14.4 Å². The Balaban J connectivity index is 1.64. The van der Waals surface area contributed by atoms with Gasteiger partial charge in [0.15, 0.2) is 11.5 Å². The van der Waals surface area contributed by atoms with E-state index in [1.807, 2.05) is 24.3 Å². The van der Waals surface area contributed by atoms with E-state index in [9.17, 15) is 14.0 Å². The van der Waals surface area contributed by atoms with Gasteiger partial charge in [-0.15, -0.1) is 11.8 Å². The van der Waals surface area contributed by atoms with Gasteiger partial charge in [-0.25, -0.2) is 4.39 Å². The molecule has 0 N–H and O–H groups in total. The first-order chi connectivity index (χ1) is 16.0. The van der Waals surface area contributed by atoms with Gasteiger partial charge >= 0.3 is 0 Å². The Morgan fingerprint density at radius 3 is 2.45 bits per heavy atom. The van der Waals surface area contributed by atoms with Gasteiger partial charge in [-0.2, -0.15) is 0 Å². The number of hydrogen-bond acceptors (Lipinski definition) is 5. The molecule has 2 amide bonds. The maximum atomic E-state index is 14.4. The summed E-state index contributed by atoms with van der Waals surface area (Å²) in [6.45, 7) is 0.0682. The van der Waals surface area contributed by atoms with Crippen molar-refractivity contribution in [3.05, 3.63) is 83.7 Å². The highest BCUT2D eigenvalue weighted by molar-refractivity contribution is 8.02. The standard InChI is InChI=1S/C25H21FN2O4S/c1-31-21-12-11-17(13-22(21)32-2)28-23(29)15-33-25(28)18-8-4-6-10-20(18)27(24(25)30)14-16-7-3-5-9-19(16)26/h3-13H,14-15H2,1-2H3/t25-/m0/s1. The van der Waals surface area contributed by atoms with Crippen LogP contribution in [0, 0.1) is 5.82 Å². The van der Waals surface area contributed by atoms with Crippen LogP contribution in [0.25, 0.3) is 0 Å². The fraction of sp³-hybridized carbons (Fsp3) is 0.200. The Morgan fingerprint density at radius 2 is 1.70 bits per heavy atom. The molecule has 0 aromatic heterocycles. The van der Waals surface area contributed by atoms with Crippen LogP contribution in [0.5, 0.6) is 11.5 Å². The second-order valence-corrected chi connectivity index (χ2v) is 8.87. The number of benzene rings is 3. The first-order valence-corrected chi connectivity index (χ1v) is 11.3. The summed E-state index contributed by atoms with van der Waals surface area (Å²) in [6, 6.07) is 18.9. The lowest BCUT2D eigenvalue weighted by Crippen LogP contribution is -2.49. The lowest BCUT2D eigenvalue weighted by atomic mass is 10.0. The molecule has 0 aliphatic carbocycles. The van der Waals surface area contributed by atoms with Crippen LogP contribution in [0.4, 0.5) is 15.8 Å². The van der Waals surface area contributed by atoms with Gasteiger partial charge in [-0.05, 0) is 24.3 Å². The molecule has 33 heavy (non-hydrogen) atoms. The van der Waals surface area contributed by atoms with Crippen LogP contribution >= 0.6 is 11.8 Å². The summed E-state index contributed by atoms with van der Waals surface area (Å²) < 4.78 is 25.2. The second kappa shape index (κ2) is 8.12. The van der Waals surface area contributed by atoms with Gasteiger partial charge in [0.2, 0.25) is 10.8 Å². The van der Waals surface area contributed by atoms with Crippen molar-refractivity contribution in [2.75, 3.05) is 29.8 Å². The van der Waals surface area contributed by atoms with Crippen molar-refractivity contribution >= 4 is 35.0 Å². The first-order valence-electron chi connectivity index (χ1n) is 10.3. The van der Waals surface area contributed by atoms with Crippen LogP contribution in [-0.4, -0.2) is 31.8 Å². The minimum Gasteiger partial charge on any atom is -0.493 e. The van der Waals surface area contributed by atoms with Crippen molar-refractivity contribution in [3.8, 4) is 11.5 Å². The third-order valence-corrected chi connectivity index (χ3v) is 7.36. The first kappa shape index (κ1) is 21.3. The van der Waals surface area contributed by atoms with E-state index in [0.717, 1.165) is 0 Å². The van der Waals surface area contributed by atoms with E-state index in [4.69, 9.17) is 9.47 Å². The number of anilines is 2. The number of thioether (sulfide) groups is 1. The lowest BCUT2D eigenvalue weighted by Gasteiger charge is -2.33.